The van der Waals surface area contributed by atoms with Crippen molar-refractivity contribution in [3.8, 4) is 0 Å². The highest BCUT2D eigenvalue weighted by Gasteiger charge is 2.09. The van der Waals surface area contributed by atoms with Crippen LogP contribution in [0.25, 0.3) is 21.7 Å². The summed E-state index contributed by atoms with van der Waals surface area (Å²) in [6.07, 6.45) is 1.53. The van der Waals surface area contributed by atoms with Gasteiger partial charge in [0.2, 0.25) is 0 Å². The van der Waals surface area contributed by atoms with Crippen molar-refractivity contribution in [2.24, 2.45) is 0 Å². The highest BCUT2D eigenvalue weighted by Crippen LogP contribution is 2.23. The van der Waals surface area contributed by atoms with Gasteiger partial charge in [0.05, 0.1) is 11.1 Å². The van der Waals surface area contributed by atoms with E-state index >= 15 is 0 Å². The number of fused-ring (bicyclic) bond motifs is 2. The molecule has 82 valence electrons. The molecule has 0 aliphatic rings. The van der Waals surface area contributed by atoms with Gasteiger partial charge in [-0.15, -0.1) is 0 Å². The fraction of sp³-hybridized carbons (Fsp3) is 0. The zero-order valence-electron chi connectivity index (χ0n) is 8.92. The third-order valence-electron chi connectivity index (χ3n) is 2.84. The standard InChI is InChI=1S/C14H9NO2/c16-14(17)11-5-6-15-13-8-10-4-2-1-3-9(10)7-12(11)13/h1-8H,(H,16,17). The highest BCUT2D eigenvalue weighted by atomic mass is 16.4. The van der Waals surface area contributed by atoms with Crippen molar-refractivity contribution >= 4 is 27.6 Å². The Kier molecular flexibility index (Phi) is 2.05. The minimum absolute atomic E-state index is 0.292. The quantitative estimate of drug-likeness (QED) is 0.645. The van der Waals surface area contributed by atoms with E-state index in [4.69, 9.17) is 5.11 Å². The van der Waals surface area contributed by atoms with Crippen LogP contribution in [0.2, 0.25) is 0 Å². The monoisotopic (exact) mass is 223 g/mol. The number of aromatic nitrogens is 1. The molecule has 0 fully saturated rings. The van der Waals surface area contributed by atoms with Gasteiger partial charge in [0, 0.05) is 11.6 Å². The Morgan fingerprint density at radius 2 is 1.76 bits per heavy atom. The molecule has 17 heavy (non-hydrogen) atoms. The predicted octanol–water partition coefficient (Wildman–Crippen LogP) is 3.09. The van der Waals surface area contributed by atoms with E-state index in [2.05, 4.69) is 4.98 Å². The number of aromatic carboxylic acids is 1. The van der Waals surface area contributed by atoms with Crippen LogP contribution >= 0.6 is 0 Å². The molecular weight excluding hydrogens is 214 g/mol. The number of hydrogen-bond donors (Lipinski definition) is 1. The summed E-state index contributed by atoms with van der Waals surface area (Å²) in [7, 11) is 0. The third-order valence-corrected chi connectivity index (χ3v) is 2.84. The van der Waals surface area contributed by atoms with Crippen LogP contribution in [0.4, 0.5) is 0 Å². The minimum Gasteiger partial charge on any atom is -0.478 e. The summed E-state index contributed by atoms with van der Waals surface area (Å²) in [5, 5.41) is 11.9. The number of carboxylic acids is 1. The molecule has 0 aliphatic carbocycles. The average Bonchev–Trinajstić information content (AvgIpc) is 2.35. The smallest absolute Gasteiger partial charge is 0.336 e. The first kappa shape index (κ1) is 9.78. The van der Waals surface area contributed by atoms with Crippen molar-refractivity contribution in [3.63, 3.8) is 0 Å². The molecule has 0 aliphatic heterocycles. The fourth-order valence-corrected chi connectivity index (χ4v) is 2.02. The molecule has 0 saturated heterocycles. The van der Waals surface area contributed by atoms with Crippen molar-refractivity contribution in [2.75, 3.05) is 0 Å². The lowest BCUT2D eigenvalue weighted by atomic mass is 10.0. The Balaban J connectivity index is 2.47. The van der Waals surface area contributed by atoms with E-state index in [-0.39, 0.29) is 0 Å². The molecule has 0 spiro atoms. The Bertz CT molecular complexity index is 734. The zero-order chi connectivity index (χ0) is 11.8. The van der Waals surface area contributed by atoms with Crippen molar-refractivity contribution in [3.05, 3.63) is 54.2 Å². The molecule has 0 atom stereocenters. The van der Waals surface area contributed by atoms with Crippen LogP contribution in [0.3, 0.4) is 0 Å². The van der Waals surface area contributed by atoms with Crippen molar-refractivity contribution < 1.29 is 9.90 Å². The molecule has 1 aromatic heterocycles. The van der Waals surface area contributed by atoms with Crippen molar-refractivity contribution in [1.29, 1.82) is 0 Å². The maximum absolute atomic E-state index is 11.1. The van der Waals surface area contributed by atoms with E-state index in [0.29, 0.717) is 16.5 Å². The van der Waals surface area contributed by atoms with E-state index < -0.39 is 5.97 Å². The Morgan fingerprint density at radius 3 is 2.47 bits per heavy atom. The van der Waals surface area contributed by atoms with Gasteiger partial charge in [-0.1, -0.05) is 24.3 Å². The van der Waals surface area contributed by atoms with Crippen molar-refractivity contribution in [1.82, 2.24) is 4.98 Å². The van der Waals surface area contributed by atoms with Gasteiger partial charge in [-0.25, -0.2) is 4.79 Å². The van der Waals surface area contributed by atoms with Gasteiger partial charge in [0.15, 0.2) is 0 Å². The Labute approximate surface area is 97.3 Å². The van der Waals surface area contributed by atoms with E-state index in [9.17, 15) is 4.79 Å². The molecular formula is C14H9NO2. The topological polar surface area (TPSA) is 50.2 Å². The minimum atomic E-state index is -0.923. The van der Waals surface area contributed by atoms with E-state index in [1.165, 1.54) is 12.3 Å². The van der Waals surface area contributed by atoms with Gasteiger partial charge in [-0.2, -0.15) is 0 Å². The second-order valence-corrected chi connectivity index (χ2v) is 3.88. The number of carbonyl (C=O) groups is 1. The Morgan fingerprint density at radius 1 is 1.06 bits per heavy atom. The van der Waals surface area contributed by atoms with E-state index in [1.54, 1.807) is 0 Å². The van der Waals surface area contributed by atoms with Crippen LogP contribution in [0, 0.1) is 0 Å². The molecule has 0 unspecified atom stereocenters. The second kappa shape index (κ2) is 3.56. The molecule has 3 nitrogen and oxygen atoms in total. The normalized spacial score (nSPS) is 10.8. The van der Waals surface area contributed by atoms with Gasteiger partial charge in [0.1, 0.15) is 0 Å². The summed E-state index contributed by atoms with van der Waals surface area (Å²) in [4.78, 5) is 15.3. The molecule has 1 heterocycles. The SMILES string of the molecule is O=C(O)c1ccnc2cc3ccccc3cc12. The molecule has 3 rings (SSSR count). The number of benzene rings is 2. The van der Waals surface area contributed by atoms with E-state index in [1.807, 2.05) is 36.4 Å². The molecule has 3 heteroatoms. The summed E-state index contributed by atoms with van der Waals surface area (Å²) < 4.78 is 0. The molecule has 3 aromatic rings. The molecule has 2 aromatic carbocycles. The van der Waals surface area contributed by atoms with Gasteiger partial charge in [-0.3, -0.25) is 4.98 Å². The molecule has 0 amide bonds. The maximum Gasteiger partial charge on any atom is 0.336 e. The number of carboxylic acid groups (broad SMARTS) is 1. The van der Waals surface area contributed by atoms with Crippen LogP contribution in [-0.2, 0) is 0 Å². The third kappa shape index (κ3) is 1.52. The van der Waals surface area contributed by atoms with Crippen LogP contribution in [0.15, 0.2) is 48.7 Å². The lowest BCUT2D eigenvalue weighted by Crippen LogP contribution is -1.98. The zero-order valence-corrected chi connectivity index (χ0v) is 8.92. The first-order chi connectivity index (χ1) is 8.25. The number of hydrogen-bond acceptors (Lipinski definition) is 2. The van der Waals surface area contributed by atoms with Gasteiger partial charge in [-0.05, 0) is 29.0 Å². The van der Waals surface area contributed by atoms with Crippen molar-refractivity contribution in [2.45, 2.75) is 0 Å². The summed E-state index contributed by atoms with van der Waals surface area (Å²) in [6, 6.07) is 13.2. The molecule has 0 saturated carbocycles. The predicted molar refractivity (Wildman–Crippen MR) is 66.2 cm³/mol. The Hall–Kier alpha value is -2.42. The average molecular weight is 223 g/mol. The lowest BCUT2D eigenvalue weighted by molar-refractivity contribution is 0.0699. The van der Waals surface area contributed by atoms with Gasteiger partial charge in [0.25, 0.3) is 0 Å². The number of rotatable bonds is 1. The largest absolute Gasteiger partial charge is 0.478 e. The van der Waals surface area contributed by atoms with Crippen LogP contribution in [0.1, 0.15) is 10.4 Å². The molecule has 1 N–H and O–H groups in total. The summed E-state index contributed by atoms with van der Waals surface area (Å²) in [5.41, 5.74) is 1.00. The van der Waals surface area contributed by atoms with Gasteiger partial charge >= 0.3 is 5.97 Å². The highest BCUT2D eigenvalue weighted by molar-refractivity contribution is 6.06. The summed E-state index contributed by atoms with van der Waals surface area (Å²) in [5.74, 6) is -0.923. The van der Waals surface area contributed by atoms with E-state index in [0.717, 1.165) is 10.8 Å². The number of nitrogens with zero attached hydrogens (tertiary/aromatic N) is 1. The summed E-state index contributed by atoms with van der Waals surface area (Å²) in [6.45, 7) is 0. The number of pyridine rings is 1. The maximum atomic E-state index is 11.1. The molecule has 0 bridgehead atoms. The van der Waals surface area contributed by atoms with Crippen LogP contribution in [-0.4, -0.2) is 16.1 Å². The first-order valence-electron chi connectivity index (χ1n) is 5.26. The molecule has 0 radical (unpaired) electrons. The lowest BCUT2D eigenvalue weighted by Gasteiger charge is -2.04. The van der Waals surface area contributed by atoms with Crippen LogP contribution in [0.5, 0.6) is 0 Å². The first-order valence-corrected chi connectivity index (χ1v) is 5.26. The van der Waals surface area contributed by atoms with Gasteiger partial charge < -0.3 is 5.11 Å². The summed E-state index contributed by atoms with van der Waals surface area (Å²) >= 11 is 0. The fourth-order valence-electron chi connectivity index (χ4n) is 2.02. The second-order valence-electron chi connectivity index (χ2n) is 3.88. The van der Waals surface area contributed by atoms with Crippen LogP contribution < -0.4 is 0 Å².